The van der Waals surface area contributed by atoms with Gasteiger partial charge in [-0.1, -0.05) is 24.3 Å². The molecule has 0 saturated heterocycles. The summed E-state index contributed by atoms with van der Waals surface area (Å²) >= 11 is 0. The number of nitrogen functional groups attached to an aromatic ring is 2. The molecule has 168 valence electrons. The normalized spacial score (nSPS) is 10.6. The predicted molar refractivity (Wildman–Crippen MR) is 124 cm³/mol. The van der Waals surface area contributed by atoms with Crippen LogP contribution < -0.4 is 11.5 Å². The van der Waals surface area contributed by atoms with Crippen LogP contribution in [0.4, 0.5) is 11.4 Å². The van der Waals surface area contributed by atoms with Crippen LogP contribution in [0.2, 0.25) is 0 Å². The molecule has 0 bridgehead atoms. The number of benzene rings is 2. The molecule has 0 aliphatic carbocycles. The molecule has 34 heavy (non-hydrogen) atoms. The van der Waals surface area contributed by atoms with Crippen LogP contribution in [0.15, 0.2) is 103 Å². The summed E-state index contributed by atoms with van der Waals surface area (Å²) in [6.07, 6.45) is 3.10. The van der Waals surface area contributed by atoms with Crippen LogP contribution in [0.5, 0.6) is 0 Å². The lowest BCUT2D eigenvalue weighted by molar-refractivity contribution is 0.523. The second-order valence-electron chi connectivity index (χ2n) is 6.95. The van der Waals surface area contributed by atoms with Crippen molar-refractivity contribution < 1.29 is 17.7 Å². The monoisotopic (exact) mass is 454 g/mol. The van der Waals surface area contributed by atoms with Gasteiger partial charge in [-0.3, -0.25) is 0 Å². The van der Waals surface area contributed by atoms with Gasteiger partial charge in [0, 0.05) is 11.4 Å². The molecule has 4 aromatic heterocycles. The number of nitrogens with zero attached hydrogens (tertiary/aromatic N) is 4. The fourth-order valence-electron chi connectivity index (χ4n) is 3.05. The Bertz CT molecular complexity index is 1370. The first-order valence-corrected chi connectivity index (χ1v) is 10.1. The summed E-state index contributed by atoms with van der Waals surface area (Å²) in [6.45, 7) is 0. The zero-order valence-electron chi connectivity index (χ0n) is 17.7. The van der Waals surface area contributed by atoms with Gasteiger partial charge in [0.1, 0.15) is 0 Å². The topological polar surface area (TPSA) is 156 Å². The minimum atomic E-state index is 0.341. The van der Waals surface area contributed by atoms with E-state index in [4.69, 9.17) is 29.1 Å². The average Bonchev–Trinajstić information content (AvgIpc) is 3.66. The van der Waals surface area contributed by atoms with Crippen molar-refractivity contribution in [1.29, 1.82) is 0 Å². The quantitative estimate of drug-likeness (QED) is 0.341. The van der Waals surface area contributed by atoms with E-state index in [0.717, 1.165) is 11.1 Å². The maximum atomic E-state index is 5.83. The Labute approximate surface area is 192 Å². The third kappa shape index (κ3) is 4.28. The van der Waals surface area contributed by atoms with Crippen molar-refractivity contribution in [3.8, 4) is 46.2 Å². The fraction of sp³-hybridized carbons (Fsp3) is 0. The summed E-state index contributed by atoms with van der Waals surface area (Å²) in [4.78, 5) is 0. The second kappa shape index (κ2) is 9.17. The molecule has 0 unspecified atom stereocenters. The number of para-hydroxylation sites is 2. The van der Waals surface area contributed by atoms with E-state index in [-0.39, 0.29) is 0 Å². The third-order valence-corrected chi connectivity index (χ3v) is 4.70. The summed E-state index contributed by atoms with van der Waals surface area (Å²) < 4.78 is 21.3. The van der Waals surface area contributed by atoms with Gasteiger partial charge in [0.2, 0.25) is 11.8 Å². The lowest BCUT2D eigenvalue weighted by Gasteiger charge is -1.98. The van der Waals surface area contributed by atoms with Crippen LogP contribution in [0.3, 0.4) is 0 Å². The van der Waals surface area contributed by atoms with Gasteiger partial charge in [-0.15, -0.1) is 20.4 Å². The molecule has 0 aliphatic rings. The molecule has 0 fully saturated rings. The van der Waals surface area contributed by atoms with Gasteiger partial charge in [0.15, 0.2) is 11.5 Å². The first-order chi connectivity index (χ1) is 16.7. The van der Waals surface area contributed by atoms with Crippen molar-refractivity contribution in [2.75, 3.05) is 11.5 Å². The summed E-state index contributed by atoms with van der Waals surface area (Å²) in [5.74, 6) is 2.53. The van der Waals surface area contributed by atoms with Crippen LogP contribution in [-0.2, 0) is 0 Å². The molecule has 4 N–H and O–H groups in total. The summed E-state index contributed by atoms with van der Waals surface area (Å²) in [6, 6.07) is 21.7. The van der Waals surface area contributed by atoms with Crippen molar-refractivity contribution in [1.82, 2.24) is 20.4 Å². The Kier molecular flexibility index (Phi) is 5.60. The highest BCUT2D eigenvalue weighted by Gasteiger charge is 2.14. The Hall–Kier alpha value is -5.12. The number of hydrogen-bond donors (Lipinski definition) is 2. The van der Waals surface area contributed by atoms with E-state index in [1.54, 1.807) is 48.9 Å². The van der Waals surface area contributed by atoms with Gasteiger partial charge >= 0.3 is 0 Å². The van der Waals surface area contributed by atoms with Crippen LogP contribution in [0, 0.1) is 0 Å². The second-order valence-corrected chi connectivity index (χ2v) is 6.95. The van der Waals surface area contributed by atoms with Gasteiger partial charge in [-0.2, -0.15) is 0 Å². The maximum Gasteiger partial charge on any atom is 0.283 e. The summed E-state index contributed by atoms with van der Waals surface area (Å²) in [5, 5.41) is 15.7. The molecular weight excluding hydrogens is 436 g/mol. The molecule has 0 amide bonds. The van der Waals surface area contributed by atoms with Crippen LogP contribution in [-0.4, -0.2) is 20.4 Å². The standard InChI is InChI=1S/2C12H9N3O2/c2*13-9-5-2-1-4-8(9)11-14-15-12(17-11)10-6-3-7-16-10/h2*1-7H,13H2. The Balaban J connectivity index is 0.000000142. The smallest absolute Gasteiger partial charge is 0.283 e. The van der Waals surface area contributed by atoms with Gasteiger partial charge in [0.25, 0.3) is 11.8 Å². The molecule has 6 aromatic rings. The highest BCUT2D eigenvalue weighted by Crippen LogP contribution is 2.28. The van der Waals surface area contributed by atoms with E-state index >= 15 is 0 Å². The van der Waals surface area contributed by atoms with Gasteiger partial charge in [-0.25, -0.2) is 0 Å². The van der Waals surface area contributed by atoms with E-state index in [9.17, 15) is 0 Å². The molecule has 0 saturated carbocycles. The van der Waals surface area contributed by atoms with Crippen LogP contribution >= 0.6 is 0 Å². The molecule has 0 aliphatic heterocycles. The van der Waals surface area contributed by atoms with Crippen molar-refractivity contribution in [2.45, 2.75) is 0 Å². The number of aromatic nitrogens is 4. The minimum absolute atomic E-state index is 0.341. The average molecular weight is 454 g/mol. The largest absolute Gasteiger partial charge is 0.459 e. The zero-order chi connectivity index (χ0) is 23.3. The van der Waals surface area contributed by atoms with Crippen molar-refractivity contribution in [3.05, 3.63) is 85.3 Å². The fourth-order valence-corrected chi connectivity index (χ4v) is 3.05. The number of furan rings is 2. The summed E-state index contributed by atoms with van der Waals surface area (Å²) in [7, 11) is 0. The molecule has 10 nitrogen and oxygen atoms in total. The van der Waals surface area contributed by atoms with E-state index in [0.29, 0.717) is 46.5 Å². The lowest BCUT2D eigenvalue weighted by atomic mass is 10.2. The molecule has 6 rings (SSSR count). The number of anilines is 2. The summed E-state index contributed by atoms with van der Waals surface area (Å²) in [5.41, 5.74) is 14.3. The third-order valence-electron chi connectivity index (χ3n) is 4.70. The van der Waals surface area contributed by atoms with E-state index < -0.39 is 0 Å². The molecule has 2 aromatic carbocycles. The van der Waals surface area contributed by atoms with Crippen molar-refractivity contribution in [2.24, 2.45) is 0 Å². The van der Waals surface area contributed by atoms with E-state index in [1.807, 2.05) is 36.4 Å². The molecule has 10 heteroatoms. The highest BCUT2D eigenvalue weighted by molar-refractivity contribution is 5.71. The van der Waals surface area contributed by atoms with E-state index in [2.05, 4.69) is 20.4 Å². The lowest BCUT2D eigenvalue weighted by Crippen LogP contribution is -1.88. The molecule has 0 atom stereocenters. The zero-order valence-corrected chi connectivity index (χ0v) is 17.7. The molecule has 0 radical (unpaired) electrons. The molecular formula is C24H18N6O4. The van der Waals surface area contributed by atoms with Crippen LogP contribution in [0.25, 0.3) is 46.2 Å². The number of rotatable bonds is 4. The number of hydrogen-bond acceptors (Lipinski definition) is 10. The van der Waals surface area contributed by atoms with Gasteiger partial charge in [0.05, 0.1) is 23.7 Å². The van der Waals surface area contributed by atoms with Crippen molar-refractivity contribution in [3.63, 3.8) is 0 Å². The maximum absolute atomic E-state index is 5.83. The Morgan fingerprint density at radius 2 is 0.882 bits per heavy atom. The minimum Gasteiger partial charge on any atom is -0.459 e. The highest BCUT2D eigenvalue weighted by atomic mass is 16.4. The SMILES string of the molecule is Nc1ccccc1-c1nnc(-c2ccco2)o1.Nc1ccccc1-c1nnc(-c2ccco2)o1. The molecule has 4 heterocycles. The Morgan fingerprint density at radius 3 is 1.26 bits per heavy atom. The Morgan fingerprint density at radius 1 is 0.471 bits per heavy atom. The predicted octanol–water partition coefficient (Wildman–Crippen LogP) is 5.16. The number of nitrogens with two attached hydrogens (primary N) is 2. The van der Waals surface area contributed by atoms with Gasteiger partial charge < -0.3 is 29.1 Å². The van der Waals surface area contributed by atoms with Gasteiger partial charge in [-0.05, 0) is 48.5 Å². The first kappa shape index (κ1) is 20.8. The van der Waals surface area contributed by atoms with Crippen LogP contribution in [0.1, 0.15) is 0 Å². The first-order valence-electron chi connectivity index (χ1n) is 10.1. The molecule has 0 spiro atoms. The van der Waals surface area contributed by atoms with E-state index in [1.165, 1.54) is 0 Å². The van der Waals surface area contributed by atoms with Crippen molar-refractivity contribution >= 4 is 11.4 Å².